The van der Waals surface area contributed by atoms with Crippen LogP contribution in [0.15, 0.2) is 48.7 Å². The van der Waals surface area contributed by atoms with E-state index in [0.29, 0.717) is 12.4 Å². The summed E-state index contributed by atoms with van der Waals surface area (Å²) < 4.78 is 21.8. The molecule has 0 spiro atoms. The van der Waals surface area contributed by atoms with E-state index in [1.165, 1.54) is 17.2 Å². The summed E-state index contributed by atoms with van der Waals surface area (Å²) in [5, 5.41) is 1.04. The molecule has 3 aromatic rings. The molecule has 0 unspecified atom stereocenters. The van der Waals surface area contributed by atoms with Gasteiger partial charge in [0, 0.05) is 37.3 Å². The molecule has 0 atom stereocenters. The van der Waals surface area contributed by atoms with Crippen molar-refractivity contribution in [1.29, 1.82) is 0 Å². The molecule has 26 heavy (non-hydrogen) atoms. The minimum atomic E-state index is -0.249. The molecule has 0 saturated heterocycles. The summed E-state index contributed by atoms with van der Waals surface area (Å²) >= 11 is 0. The van der Waals surface area contributed by atoms with Crippen LogP contribution in [0.4, 0.5) is 4.39 Å². The van der Waals surface area contributed by atoms with Gasteiger partial charge in [-0.1, -0.05) is 30.3 Å². The van der Waals surface area contributed by atoms with Gasteiger partial charge in [-0.2, -0.15) is 0 Å². The minimum Gasteiger partial charge on any atom is -0.493 e. The summed E-state index contributed by atoms with van der Waals surface area (Å²) in [4.78, 5) is 2.31. The van der Waals surface area contributed by atoms with Crippen LogP contribution >= 0.6 is 0 Å². The third kappa shape index (κ3) is 4.07. The number of halogens is 1. The standard InChI is InChI=1S/C22H27FN2O/c1-4-25-16-18(11-12-24(3)15-17-9-7-6-8-10-17)22-20(25)13-19(23)14-21(22)26-5-2/h6-10,13-14,16H,4-5,11-12,15H2,1-3H3. The molecule has 2 aromatic carbocycles. The van der Waals surface area contributed by atoms with Crippen LogP contribution in [0.3, 0.4) is 0 Å². The smallest absolute Gasteiger partial charge is 0.131 e. The number of rotatable bonds is 8. The van der Waals surface area contributed by atoms with Crippen LogP contribution in [-0.4, -0.2) is 29.7 Å². The first kappa shape index (κ1) is 18.5. The maximum absolute atomic E-state index is 14.0. The number of fused-ring (bicyclic) bond motifs is 1. The summed E-state index contributed by atoms with van der Waals surface area (Å²) in [6.45, 7) is 7.20. The normalized spacial score (nSPS) is 11.4. The van der Waals surface area contributed by atoms with Crippen LogP contribution in [-0.2, 0) is 19.5 Å². The number of aromatic nitrogens is 1. The number of nitrogens with zero attached hydrogens (tertiary/aromatic N) is 2. The van der Waals surface area contributed by atoms with Crippen molar-refractivity contribution in [2.24, 2.45) is 0 Å². The van der Waals surface area contributed by atoms with Gasteiger partial charge in [0.25, 0.3) is 0 Å². The average molecular weight is 354 g/mol. The zero-order valence-corrected chi connectivity index (χ0v) is 15.8. The number of hydrogen-bond donors (Lipinski definition) is 0. The second kappa shape index (κ2) is 8.37. The number of ether oxygens (including phenoxy) is 1. The Bertz CT molecular complexity index is 857. The van der Waals surface area contributed by atoms with Crippen LogP contribution < -0.4 is 4.74 Å². The van der Waals surface area contributed by atoms with Crippen LogP contribution in [0.25, 0.3) is 10.9 Å². The fourth-order valence-corrected chi connectivity index (χ4v) is 3.45. The molecule has 0 saturated carbocycles. The van der Waals surface area contributed by atoms with Crippen molar-refractivity contribution < 1.29 is 9.13 Å². The van der Waals surface area contributed by atoms with Crippen LogP contribution in [0.1, 0.15) is 25.0 Å². The van der Waals surface area contributed by atoms with E-state index in [0.717, 1.165) is 37.0 Å². The fourth-order valence-electron chi connectivity index (χ4n) is 3.45. The summed E-state index contributed by atoms with van der Waals surface area (Å²) in [7, 11) is 2.13. The van der Waals surface area contributed by atoms with Gasteiger partial charge in [-0.05, 0) is 44.5 Å². The van der Waals surface area contributed by atoms with Gasteiger partial charge < -0.3 is 14.2 Å². The molecule has 0 fully saturated rings. The van der Waals surface area contributed by atoms with Crippen molar-refractivity contribution in [1.82, 2.24) is 9.47 Å². The third-order valence-corrected chi connectivity index (χ3v) is 4.69. The molecule has 3 rings (SSSR count). The van der Waals surface area contributed by atoms with E-state index in [-0.39, 0.29) is 5.82 Å². The highest BCUT2D eigenvalue weighted by Crippen LogP contribution is 2.32. The maximum Gasteiger partial charge on any atom is 0.131 e. The number of benzene rings is 2. The molecule has 0 aliphatic heterocycles. The fraction of sp³-hybridized carbons (Fsp3) is 0.364. The Hall–Kier alpha value is -2.33. The second-order valence-corrected chi connectivity index (χ2v) is 6.64. The van der Waals surface area contributed by atoms with Gasteiger partial charge in [0.1, 0.15) is 11.6 Å². The molecule has 4 heteroatoms. The molecule has 3 nitrogen and oxygen atoms in total. The van der Waals surface area contributed by atoms with E-state index in [1.807, 2.05) is 13.0 Å². The largest absolute Gasteiger partial charge is 0.493 e. The highest BCUT2D eigenvalue weighted by Gasteiger charge is 2.15. The molecule has 0 aliphatic carbocycles. The summed E-state index contributed by atoms with van der Waals surface area (Å²) in [6, 6.07) is 13.6. The Morgan fingerprint density at radius 2 is 1.88 bits per heavy atom. The predicted molar refractivity (Wildman–Crippen MR) is 105 cm³/mol. The van der Waals surface area contributed by atoms with Crippen LogP contribution in [0.2, 0.25) is 0 Å². The molecule has 0 bridgehead atoms. The van der Waals surface area contributed by atoms with Crippen molar-refractivity contribution in [3.05, 3.63) is 65.6 Å². The first-order valence-electron chi connectivity index (χ1n) is 9.28. The molecule has 0 amide bonds. The van der Waals surface area contributed by atoms with Gasteiger partial charge in [-0.15, -0.1) is 0 Å². The highest BCUT2D eigenvalue weighted by atomic mass is 19.1. The van der Waals surface area contributed by atoms with Crippen molar-refractivity contribution in [3.63, 3.8) is 0 Å². The molecule has 1 aromatic heterocycles. The lowest BCUT2D eigenvalue weighted by atomic mass is 10.1. The first-order valence-corrected chi connectivity index (χ1v) is 9.28. The number of aryl methyl sites for hydroxylation is 1. The molecule has 1 heterocycles. The van der Waals surface area contributed by atoms with Gasteiger partial charge in [0.15, 0.2) is 0 Å². The summed E-state index contributed by atoms with van der Waals surface area (Å²) in [5.41, 5.74) is 3.44. The van der Waals surface area contributed by atoms with Gasteiger partial charge in [0.05, 0.1) is 12.1 Å². The quantitative estimate of drug-likeness (QED) is 0.574. The van der Waals surface area contributed by atoms with Gasteiger partial charge >= 0.3 is 0 Å². The van der Waals surface area contributed by atoms with Crippen molar-refractivity contribution in [2.45, 2.75) is 33.4 Å². The Kier molecular flexibility index (Phi) is 5.94. The van der Waals surface area contributed by atoms with E-state index < -0.39 is 0 Å². The molecule has 138 valence electrons. The number of likely N-dealkylation sites (N-methyl/N-ethyl adjacent to an activating group) is 1. The average Bonchev–Trinajstić information content (AvgIpc) is 2.99. The van der Waals surface area contributed by atoms with E-state index >= 15 is 0 Å². The Labute approximate surface area is 155 Å². The maximum atomic E-state index is 14.0. The first-order chi connectivity index (χ1) is 12.6. The van der Waals surface area contributed by atoms with Crippen molar-refractivity contribution in [3.8, 4) is 5.75 Å². The molecule has 0 N–H and O–H groups in total. The predicted octanol–water partition coefficient (Wildman–Crippen LogP) is 4.87. The molecule has 0 aliphatic rings. The van der Waals surface area contributed by atoms with Crippen molar-refractivity contribution >= 4 is 10.9 Å². The van der Waals surface area contributed by atoms with Gasteiger partial charge in [0.2, 0.25) is 0 Å². The van der Waals surface area contributed by atoms with Crippen LogP contribution in [0, 0.1) is 5.82 Å². The third-order valence-electron chi connectivity index (χ3n) is 4.69. The molecular weight excluding hydrogens is 327 g/mol. The zero-order valence-electron chi connectivity index (χ0n) is 15.8. The summed E-state index contributed by atoms with van der Waals surface area (Å²) in [5.74, 6) is 0.400. The summed E-state index contributed by atoms with van der Waals surface area (Å²) in [6.07, 6.45) is 3.04. The second-order valence-electron chi connectivity index (χ2n) is 6.64. The number of hydrogen-bond acceptors (Lipinski definition) is 2. The lowest BCUT2D eigenvalue weighted by molar-refractivity contribution is 0.330. The van der Waals surface area contributed by atoms with E-state index in [4.69, 9.17) is 4.74 Å². The minimum absolute atomic E-state index is 0.249. The Morgan fingerprint density at radius 3 is 2.58 bits per heavy atom. The lowest BCUT2D eigenvalue weighted by Gasteiger charge is -2.16. The van der Waals surface area contributed by atoms with Crippen molar-refractivity contribution in [2.75, 3.05) is 20.2 Å². The molecular formula is C22H27FN2O. The van der Waals surface area contributed by atoms with Gasteiger partial charge in [-0.25, -0.2) is 4.39 Å². The van der Waals surface area contributed by atoms with Crippen LogP contribution in [0.5, 0.6) is 5.75 Å². The SMILES string of the molecule is CCOc1cc(F)cc2c1c(CCN(C)Cc1ccccc1)cn2CC. The van der Waals surface area contributed by atoms with E-state index in [2.05, 4.69) is 53.9 Å². The Morgan fingerprint density at radius 1 is 1.12 bits per heavy atom. The van der Waals surface area contributed by atoms with Gasteiger partial charge in [-0.3, -0.25) is 0 Å². The van der Waals surface area contributed by atoms with E-state index in [1.54, 1.807) is 6.07 Å². The lowest BCUT2D eigenvalue weighted by Crippen LogP contribution is -2.20. The molecule has 0 radical (unpaired) electrons. The zero-order chi connectivity index (χ0) is 18.5. The monoisotopic (exact) mass is 354 g/mol. The topological polar surface area (TPSA) is 17.4 Å². The van der Waals surface area contributed by atoms with E-state index in [9.17, 15) is 4.39 Å². The highest BCUT2D eigenvalue weighted by molar-refractivity contribution is 5.90. The Balaban J connectivity index is 1.82.